The molecule has 5 aromatic carbocycles. The number of fused-ring (bicyclic) bond motifs is 4. The second kappa shape index (κ2) is 13.0. The molecule has 0 N–H and O–H groups in total. The summed E-state index contributed by atoms with van der Waals surface area (Å²) in [7, 11) is 0. The van der Waals surface area contributed by atoms with Gasteiger partial charge in [0.25, 0.3) is 0 Å². The van der Waals surface area contributed by atoms with Crippen molar-refractivity contribution < 1.29 is 0 Å². The minimum atomic E-state index is 0.0543. The van der Waals surface area contributed by atoms with Crippen LogP contribution < -0.4 is 9.80 Å². The van der Waals surface area contributed by atoms with Gasteiger partial charge in [-0.05, 0) is 174 Å². The van der Waals surface area contributed by atoms with Crippen LogP contribution in [0.25, 0.3) is 0 Å². The van der Waals surface area contributed by atoms with Crippen LogP contribution in [0.4, 0.5) is 34.1 Å². The van der Waals surface area contributed by atoms with Crippen molar-refractivity contribution in [2.75, 3.05) is 9.80 Å². The van der Waals surface area contributed by atoms with Crippen LogP contribution in [-0.4, -0.2) is 0 Å². The van der Waals surface area contributed by atoms with E-state index in [2.05, 4.69) is 212 Å². The van der Waals surface area contributed by atoms with Crippen LogP contribution in [0.3, 0.4) is 0 Å². The van der Waals surface area contributed by atoms with E-state index in [0.29, 0.717) is 0 Å². The van der Waals surface area contributed by atoms with Crippen molar-refractivity contribution in [2.24, 2.45) is 0 Å². The maximum absolute atomic E-state index is 8.09. The minimum Gasteiger partial charge on any atom is -0.309 e. The lowest BCUT2D eigenvalue weighted by atomic mass is 9.82. The summed E-state index contributed by atoms with van der Waals surface area (Å²) in [4.78, 5) is 4.91. The smallest absolute Gasteiger partial charge is 0.0887 e. The Morgan fingerprint density at radius 3 is 0.754 bits per heavy atom. The molecule has 0 spiro atoms. The van der Waals surface area contributed by atoms with Gasteiger partial charge in [-0.1, -0.05) is 153 Å². The van der Waals surface area contributed by atoms with Crippen molar-refractivity contribution in [3.8, 4) is 0 Å². The molecule has 0 aromatic heterocycles. The molecule has 0 atom stereocenters. The third-order valence-corrected chi connectivity index (χ3v) is 16.2. The van der Waals surface area contributed by atoms with Gasteiger partial charge in [-0.2, -0.15) is 0 Å². The summed E-state index contributed by atoms with van der Waals surface area (Å²) in [6.07, 6.45) is 4.48. The zero-order valence-electron chi connectivity index (χ0n) is 40.3. The number of hydrogen-bond donors (Lipinski definition) is 0. The van der Waals surface area contributed by atoms with E-state index in [1.807, 2.05) is 0 Å². The minimum absolute atomic E-state index is 0.0543. The summed E-state index contributed by atoms with van der Waals surface area (Å²) < 4.78 is 0. The number of hydrogen-bond acceptors (Lipinski definition) is 2. The molecule has 2 nitrogen and oxygen atoms in total. The van der Waals surface area contributed by atoms with Crippen LogP contribution in [0, 0.1) is 0 Å². The molecule has 4 aliphatic rings. The Morgan fingerprint density at radius 1 is 0.311 bits per heavy atom. The van der Waals surface area contributed by atoms with Gasteiger partial charge >= 0.3 is 0 Å². The van der Waals surface area contributed by atoms with Crippen molar-refractivity contribution in [2.45, 2.75) is 180 Å². The summed E-state index contributed by atoms with van der Waals surface area (Å²) in [5.74, 6) is 0. The van der Waals surface area contributed by atoms with Gasteiger partial charge in [-0.25, -0.2) is 0 Å². The maximum Gasteiger partial charge on any atom is 0.0887 e. The Hall–Kier alpha value is -4.01. The van der Waals surface area contributed by atoms with Crippen LogP contribution in [0.15, 0.2) is 91.0 Å². The Labute approximate surface area is 374 Å². The first-order valence-electron chi connectivity index (χ1n) is 23.1. The van der Waals surface area contributed by atoms with Crippen LogP contribution >= 0.6 is 11.6 Å². The standard InChI is InChI=1S/C58H71ClN2/c1-51(2)32-55(9,10)44-28-36(20-24-40(44)51)60(37-21-25-41-45(29-37)56(11,12)33-52(41,3)4)48-18-17-19-49(50(48)59)61(38-22-26-42-46(30-38)57(13,14)34-53(42,5)6)39-23-27-43-47(31-39)58(15,16)35-54(43,7)8/h17-31H,32-35H2,1-16H3. The van der Waals surface area contributed by atoms with Crippen LogP contribution in [0.5, 0.6) is 0 Å². The Morgan fingerprint density at radius 2 is 0.525 bits per heavy atom. The van der Waals surface area contributed by atoms with Crippen LogP contribution in [0.2, 0.25) is 5.02 Å². The summed E-state index contributed by atoms with van der Waals surface area (Å²) >= 11 is 8.09. The summed E-state index contributed by atoms with van der Waals surface area (Å²) in [6, 6.07) is 35.6. The van der Waals surface area contributed by atoms with E-state index < -0.39 is 0 Å². The largest absolute Gasteiger partial charge is 0.309 e. The Balaban J connectivity index is 1.29. The molecule has 61 heavy (non-hydrogen) atoms. The van der Waals surface area contributed by atoms with E-state index in [9.17, 15) is 0 Å². The third-order valence-electron chi connectivity index (χ3n) is 15.9. The highest BCUT2D eigenvalue weighted by molar-refractivity contribution is 6.36. The number of anilines is 6. The second-order valence-electron chi connectivity index (χ2n) is 25.0. The van der Waals surface area contributed by atoms with Crippen molar-refractivity contribution in [3.05, 3.63) is 141 Å². The molecule has 0 heterocycles. The highest BCUT2D eigenvalue weighted by Gasteiger charge is 2.46. The fourth-order valence-electron chi connectivity index (χ4n) is 14.2. The zero-order valence-corrected chi connectivity index (χ0v) is 41.0. The van der Waals surface area contributed by atoms with Crippen molar-refractivity contribution >= 4 is 45.7 Å². The fraction of sp³-hybridized carbons (Fsp3) is 0.483. The molecular weight excluding hydrogens is 760 g/mol. The molecule has 0 fully saturated rings. The number of rotatable bonds is 6. The first-order valence-corrected chi connectivity index (χ1v) is 23.4. The summed E-state index contributed by atoms with van der Waals surface area (Å²) in [6.45, 7) is 38.5. The van der Waals surface area contributed by atoms with Crippen molar-refractivity contribution in [1.29, 1.82) is 0 Å². The molecule has 0 bridgehead atoms. The monoisotopic (exact) mass is 831 g/mol. The quantitative estimate of drug-likeness (QED) is 0.168. The molecule has 9 rings (SSSR count). The van der Waals surface area contributed by atoms with E-state index in [-0.39, 0.29) is 43.3 Å². The second-order valence-corrected chi connectivity index (χ2v) is 25.4. The van der Waals surface area contributed by atoms with E-state index in [1.54, 1.807) is 0 Å². The van der Waals surface area contributed by atoms with Gasteiger partial charge in [0.15, 0.2) is 0 Å². The van der Waals surface area contributed by atoms with Gasteiger partial charge in [0.1, 0.15) is 0 Å². The molecule has 0 radical (unpaired) electrons. The van der Waals surface area contributed by atoms with Gasteiger partial charge in [0, 0.05) is 22.7 Å². The van der Waals surface area contributed by atoms with E-state index >= 15 is 0 Å². The highest BCUT2D eigenvalue weighted by Crippen LogP contribution is 2.57. The molecule has 0 saturated heterocycles. The van der Waals surface area contributed by atoms with Gasteiger partial charge in [-0.3, -0.25) is 0 Å². The van der Waals surface area contributed by atoms with Gasteiger partial charge in [0.2, 0.25) is 0 Å². The molecular formula is C58H71ClN2. The first-order chi connectivity index (χ1) is 28.1. The fourth-order valence-corrected chi connectivity index (χ4v) is 14.5. The molecule has 0 saturated carbocycles. The van der Waals surface area contributed by atoms with Crippen molar-refractivity contribution in [3.63, 3.8) is 0 Å². The highest BCUT2D eigenvalue weighted by atomic mass is 35.5. The lowest BCUT2D eigenvalue weighted by Crippen LogP contribution is -2.19. The molecule has 0 amide bonds. The summed E-state index contributed by atoms with van der Waals surface area (Å²) in [5, 5.41) is 0.739. The maximum atomic E-state index is 8.09. The van der Waals surface area contributed by atoms with E-state index in [4.69, 9.17) is 11.6 Å². The van der Waals surface area contributed by atoms with E-state index in [1.165, 1.54) is 44.5 Å². The average Bonchev–Trinajstić information content (AvgIpc) is 3.63. The lowest BCUT2D eigenvalue weighted by Gasteiger charge is -2.33. The zero-order chi connectivity index (χ0) is 44.2. The van der Waals surface area contributed by atoms with Crippen LogP contribution in [0.1, 0.15) is 181 Å². The van der Waals surface area contributed by atoms with E-state index in [0.717, 1.165) is 64.8 Å². The topological polar surface area (TPSA) is 6.48 Å². The summed E-state index contributed by atoms with van der Waals surface area (Å²) in [5.41, 5.74) is 18.8. The molecule has 5 aromatic rings. The third kappa shape index (κ3) is 6.54. The number of halogens is 1. The molecule has 0 aliphatic heterocycles. The van der Waals surface area contributed by atoms with Crippen LogP contribution in [-0.2, 0) is 43.3 Å². The Kier molecular flexibility index (Phi) is 9.04. The normalized spacial score (nSPS) is 22.0. The average molecular weight is 832 g/mol. The van der Waals surface area contributed by atoms with Gasteiger partial charge in [-0.15, -0.1) is 0 Å². The first kappa shape index (κ1) is 42.3. The SMILES string of the molecule is CC1(C)CC(C)(C)c2cc(N(c3ccc4c(c3)C(C)(C)CC4(C)C)c3cccc(N(c4ccc5c(c4)C(C)(C)CC5(C)C)c4ccc5c(c4)C(C)(C)CC5(C)C)c3Cl)ccc21. The molecule has 3 heteroatoms. The predicted octanol–water partition coefficient (Wildman–Crippen LogP) is 17.1. The number of nitrogens with zero attached hydrogens (tertiary/aromatic N) is 2. The molecule has 320 valence electrons. The van der Waals surface area contributed by atoms with Crippen molar-refractivity contribution in [1.82, 2.24) is 0 Å². The van der Waals surface area contributed by atoms with Gasteiger partial charge < -0.3 is 9.80 Å². The van der Waals surface area contributed by atoms with Gasteiger partial charge in [0.05, 0.1) is 16.4 Å². The molecule has 0 unspecified atom stereocenters. The predicted molar refractivity (Wildman–Crippen MR) is 263 cm³/mol. The molecule has 4 aliphatic carbocycles. The lowest BCUT2D eigenvalue weighted by molar-refractivity contribution is 0.402. The number of benzene rings is 5. The Bertz CT molecular complexity index is 2290.